The van der Waals surface area contributed by atoms with E-state index in [1.807, 2.05) is 0 Å². The molecule has 0 spiro atoms. The van der Waals surface area contributed by atoms with Crippen LogP contribution < -0.4 is 10.6 Å². The van der Waals surface area contributed by atoms with Crippen LogP contribution in [-0.2, 0) is 20.4 Å². The van der Waals surface area contributed by atoms with Crippen LogP contribution in [0.15, 0.2) is 24.3 Å². The Kier molecular flexibility index (Phi) is 6.39. The van der Waals surface area contributed by atoms with Crippen LogP contribution in [0.25, 0.3) is 11.0 Å². The average Bonchev–Trinajstić information content (AvgIpc) is 2.63. The molecule has 2 amide bonds. The minimum absolute atomic E-state index is 0.0694. The second kappa shape index (κ2) is 8.30. The maximum absolute atomic E-state index is 13.4. The van der Waals surface area contributed by atoms with E-state index in [0.717, 1.165) is 0 Å². The number of carbonyl (C=O) groups excluding carboxylic acids is 2. The largest absolute Gasteiger partial charge is 0.462 e. The Morgan fingerprint density at radius 3 is 2.07 bits per heavy atom. The number of urea groups is 1. The lowest BCUT2D eigenvalue weighted by atomic mass is 10.2. The summed E-state index contributed by atoms with van der Waals surface area (Å²) >= 11 is 0. The predicted molar refractivity (Wildman–Crippen MR) is 89.1 cm³/mol. The number of alkyl halides is 6. The molecule has 0 fully saturated rings. The molecule has 1 heterocycles. The molecule has 1 atom stereocenters. The van der Waals surface area contributed by atoms with Gasteiger partial charge in [0.25, 0.3) is 0 Å². The number of hydrogen-bond acceptors (Lipinski definition) is 6. The molecule has 0 bridgehead atoms. The summed E-state index contributed by atoms with van der Waals surface area (Å²) in [5.74, 6) is -3.19. The highest BCUT2D eigenvalue weighted by atomic mass is 19.4. The Morgan fingerprint density at radius 1 is 1.03 bits per heavy atom. The summed E-state index contributed by atoms with van der Waals surface area (Å²) in [4.78, 5) is 30.9. The van der Waals surface area contributed by atoms with Gasteiger partial charge in [0.15, 0.2) is 11.5 Å². The minimum Gasteiger partial charge on any atom is -0.462 e. The number of fused-ring (bicyclic) bond motifs is 1. The number of nitrogens with one attached hydrogen (secondary N) is 2. The summed E-state index contributed by atoms with van der Waals surface area (Å²) in [6.07, 6.45) is -10.6. The van der Waals surface area contributed by atoms with Gasteiger partial charge in [0, 0.05) is 7.11 Å². The minimum atomic E-state index is -5.51. The zero-order valence-corrected chi connectivity index (χ0v) is 15.3. The van der Waals surface area contributed by atoms with Gasteiger partial charge in [-0.3, -0.25) is 10.6 Å². The van der Waals surface area contributed by atoms with Crippen molar-refractivity contribution in [1.29, 1.82) is 0 Å². The third-order valence-electron chi connectivity index (χ3n) is 3.63. The van der Waals surface area contributed by atoms with E-state index in [9.17, 15) is 35.9 Å². The van der Waals surface area contributed by atoms with Crippen molar-refractivity contribution in [2.24, 2.45) is 0 Å². The van der Waals surface area contributed by atoms with Crippen molar-refractivity contribution in [2.75, 3.05) is 19.0 Å². The number of benzene rings is 1. The maximum atomic E-state index is 13.4. The number of amides is 2. The molecule has 0 aliphatic carbocycles. The van der Waals surface area contributed by atoms with Crippen molar-refractivity contribution in [3.63, 3.8) is 0 Å². The Hall–Kier alpha value is -3.16. The molecule has 30 heavy (non-hydrogen) atoms. The molecule has 14 heteroatoms. The summed E-state index contributed by atoms with van der Waals surface area (Å²) in [6, 6.07) is 3.46. The van der Waals surface area contributed by atoms with Crippen LogP contribution in [0.1, 0.15) is 12.6 Å². The fourth-order valence-electron chi connectivity index (χ4n) is 2.30. The fourth-order valence-corrected chi connectivity index (χ4v) is 2.30. The first-order valence-corrected chi connectivity index (χ1v) is 8.08. The average molecular weight is 440 g/mol. The zero-order chi connectivity index (χ0) is 22.7. The van der Waals surface area contributed by atoms with Gasteiger partial charge in [0.1, 0.15) is 0 Å². The van der Waals surface area contributed by atoms with Gasteiger partial charge < -0.3 is 9.47 Å². The van der Waals surface area contributed by atoms with Gasteiger partial charge in [0.2, 0.25) is 0 Å². The molecule has 2 aromatic rings. The van der Waals surface area contributed by atoms with Gasteiger partial charge in [-0.15, -0.1) is 0 Å². The highest BCUT2D eigenvalue weighted by Crippen LogP contribution is 2.35. The number of esters is 1. The van der Waals surface area contributed by atoms with Crippen molar-refractivity contribution < 1.29 is 45.4 Å². The number of para-hydroxylation sites is 2. The monoisotopic (exact) mass is 440 g/mol. The van der Waals surface area contributed by atoms with Gasteiger partial charge in [-0.25, -0.2) is 19.6 Å². The first-order chi connectivity index (χ1) is 13.9. The van der Waals surface area contributed by atoms with Crippen molar-refractivity contribution >= 4 is 28.9 Å². The highest BCUT2D eigenvalue weighted by Gasteiger charge is 2.64. The van der Waals surface area contributed by atoms with E-state index in [4.69, 9.17) is 0 Å². The van der Waals surface area contributed by atoms with Gasteiger partial charge in [-0.2, -0.15) is 26.3 Å². The lowest BCUT2D eigenvalue weighted by Gasteiger charge is -2.32. The summed E-state index contributed by atoms with van der Waals surface area (Å²) < 4.78 is 88.7. The molecule has 1 aromatic heterocycles. The third kappa shape index (κ3) is 4.53. The van der Waals surface area contributed by atoms with Crippen molar-refractivity contribution in [3.8, 4) is 0 Å². The molecule has 0 aliphatic rings. The Balaban J connectivity index is 2.45. The number of hydrogen-bond donors (Lipinski definition) is 2. The molecular weight excluding hydrogens is 426 g/mol. The number of rotatable bonds is 5. The number of aromatic nitrogens is 2. The zero-order valence-electron chi connectivity index (χ0n) is 15.3. The van der Waals surface area contributed by atoms with E-state index in [1.165, 1.54) is 41.8 Å². The second-order valence-corrected chi connectivity index (χ2v) is 5.59. The summed E-state index contributed by atoms with van der Waals surface area (Å²) in [7, 11) is 0.460. The van der Waals surface area contributed by atoms with Crippen LogP contribution in [0.4, 0.5) is 37.0 Å². The smallest absolute Gasteiger partial charge is 0.448 e. The van der Waals surface area contributed by atoms with Crippen LogP contribution >= 0.6 is 0 Å². The van der Waals surface area contributed by atoms with Crippen LogP contribution in [0.5, 0.6) is 0 Å². The topological polar surface area (TPSA) is 102 Å². The molecule has 164 valence electrons. The van der Waals surface area contributed by atoms with E-state index in [-0.39, 0.29) is 11.0 Å². The number of methoxy groups -OCH3 is 1. The summed E-state index contributed by atoms with van der Waals surface area (Å²) in [5.41, 5.74) is -5.85. The van der Waals surface area contributed by atoms with Crippen molar-refractivity contribution in [3.05, 3.63) is 30.0 Å². The summed E-state index contributed by atoms with van der Waals surface area (Å²) in [5, 5.41) is 2.71. The van der Waals surface area contributed by atoms with Crippen molar-refractivity contribution in [1.82, 2.24) is 15.3 Å². The van der Waals surface area contributed by atoms with E-state index < -0.39 is 48.2 Å². The molecule has 8 nitrogen and oxygen atoms in total. The van der Waals surface area contributed by atoms with E-state index in [1.54, 1.807) is 0 Å². The number of nitrogens with zero attached hydrogens (tertiary/aromatic N) is 2. The van der Waals surface area contributed by atoms with E-state index >= 15 is 0 Å². The molecular formula is C16H14F6N4O4. The van der Waals surface area contributed by atoms with E-state index in [0.29, 0.717) is 7.11 Å². The van der Waals surface area contributed by atoms with E-state index in [2.05, 4.69) is 19.4 Å². The summed E-state index contributed by atoms with van der Waals surface area (Å²) in [6.45, 7) is 0.715. The third-order valence-corrected chi connectivity index (χ3v) is 3.63. The molecule has 0 saturated carbocycles. The number of anilines is 1. The second-order valence-electron chi connectivity index (χ2n) is 5.59. The first-order valence-electron chi connectivity index (χ1n) is 8.08. The standard InChI is InChI=1S/C16H14F6N4O4/c1-3-30-12(27)14(29-2,16(20,21)22)26-13(28)25-11-10(15(17,18)19)23-8-6-4-5-7-9(8)24-11/h4-7H,3H2,1-2H3,(H2,24,25,26,28). The quantitative estimate of drug-likeness (QED) is 0.421. The number of halogens is 6. The van der Waals surface area contributed by atoms with Crippen LogP contribution in [0.2, 0.25) is 0 Å². The molecule has 0 aliphatic heterocycles. The lowest BCUT2D eigenvalue weighted by Crippen LogP contribution is -2.66. The fraction of sp³-hybridized carbons (Fsp3) is 0.375. The predicted octanol–water partition coefficient (Wildman–Crippen LogP) is 3.24. The van der Waals surface area contributed by atoms with Crippen molar-refractivity contribution in [2.45, 2.75) is 25.0 Å². The highest BCUT2D eigenvalue weighted by molar-refractivity contribution is 5.94. The Morgan fingerprint density at radius 2 is 1.60 bits per heavy atom. The number of carbonyl (C=O) groups is 2. The van der Waals surface area contributed by atoms with Gasteiger partial charge in [-0.05, 0) is 19.1 Å². The molecule has 1 unspecified atom stereocenters. The Labute approximate surface area is 164 Å². The van der Waals surface area contributed by atoms with Crippen LogP contribution in [0.3, 0.4) is 0 Å². The molecule has 2 rings (SSSR count). The lowest BCUT2D eigenvalue weighted by molar-refractivity contribution is -0.276. The normalized spacial score (nSPS) is 14.1. The number of ether oxygens (including phenoxy) is 2. The van der Waals surface area contributed by atoms with Gasteiger partial charge >= 0.3 is 30.1 Å². The van der Waals surface area contributed by atoms with Gasteiger partial charge in [-0.1, -0.05) is 12.1 Å². The molecule has 1 aromatic carbocycles. The molecule has 0 radical (unpaired) electrons. The molecule has 0 saturated heterocycles. The Bertz CT molecular complexity index is 949. The first kappa shape index (κ1) is 23.1. The SMILES string of the molecule is CCOC(=O)C(NC(=O)Nc1nc2ccccc2nc1C(F)(F)F)(OC)C(F)(F)F. The maximum Gasteiger partial charge on any atom is 0.448 e. The van der Waals surface area contributed by atoms with Crippen LogP contribution in [0, 0.1) is 0 Å². The molecule has 2 N–H and O–H groups in total. The van der Waals surface area contributed by atoms with Gasteiger partial charge in [0.05, 0.1) is 17.6 Å². The van der Waals surface area contributed by atoms with Crippen LogP contribution in [-0.4, -0.2) is 47.6 Å².